The molecule has 20 heavy (non-hydrogen) atoms. The third kappa shape index (κ3) is 3.08. The van der Waals surface area contributed by atoms with Crippen LogP contribution in [0.2, 0.25) is 0 Å². The van der Waals surface area contributed by atoms with Gasteiger partial charge in [0.2, 0.25) is 5.91 Å². The van der Waals surface area contributed by atoms with Crippen LogP contribution in [0.4, 0.5) is 0 Å². The van der Waals surface area contributed by atoms with Gasteiger partial charge in [-0.2, -0.15) is 0 Å². The zero-order valence-electron chi connectivity index (χ0n) is 12.1. The van der Waals surface area contributed by atoms with Crippen LogP contribution in [-0.4, -0.2) is 5.91 Å². The summed E-state index contributed by atoms with van der Waals surface area (Å²) in [5, 5.41) is 5.33. The normalized spacial score (nSPS) is 13.9. The van der Waals surface area contributed by atoms with E-state index in [4.69, 9.17) is 5.73 Å². The van der Waals surface area contributed by atoms with Gasteiger partial charge >= 0.3 is 0 Å². The summed E-state index contributed by atoms with van der Waals surface area (Å²) in [5.41, 5.74) is 7.96. The van der Waals surface area contributed by atoms with Crippen molar-refractivity contribution in [2.24, 2.45) is 5.73 Å². The topological polar surface area (TPSA) is 55.1 Å². The molecule has 0 fully saturated rings. The second-order valence-electron chi connectivity index (χ2n) is 5.30. The van der Waals surface area contributed by atoms with Gasteiger partial charge in [0.15, 0.2) is 0 Å². The van der Waals surface area contributed by atoms with E-state index in [-0.39, 0.29) is 5.91 Å². The lowest BCUT2D eigenvalue weighted by Gasteiger charge is -2.28. The molecule has 0 aliphatic rings. The molecule has 2 rings (SSSR count). The predicted molar refractivity (Wildman–Crippen MR) is 83.6 cm³/mol. The van der Waals surface area contributed by atoms with Crippen molar-refractivity contribution in [2.75, 3.05) is 0 Å². The zero-order chi connectivity index (χ0) is 14.8. The van der Waals surface area contributed by atoms with Crippen LogP contribution in [0.5, 0.6) is 0 Å². The van der Waals surface area contributed by atoms with Gasteiger partial charge in [0.05, 0.1) is 0 Å². The summed E-state index contributed by atoms with van der Waals surface area (Å²) in [7, 11) is 0. The number of carbonyl (C=O) groups excluding carboxylic acids is 1. The first-order valence-electron chi connectivity index (χ1n) is 6.58. The van der Waals surface area contributed by atoms with E-state index in [9.17, 15) is 4.79 Å². The maximum atomic E-state index is 12.0. The summed E-state index contributed by atoms with van der Waals surface area (Å²) < 4.78 is 0. The highest BCUT2D eigenvalue weighted by molar-refractivity contribution is 7.09. The molecule has 1 amide bonds. The summed E-state index contributed by atoms with van der Waals surface area (Å²) >= 11 is 1.66. The summed E-state index contributed by atoms with van der Waals surface area (Å²) in [6, 6.07) is 10.2. The maximum absolute atomic E-state index is 12.0. The van der Waals surface area contributed by atoms with E-state index in [0.29, 0.717) is 6.54 Å². The van der Waals surface area contributed by atoms with Gasteiger partial charge < -0.3 is 5.73 Å². The Balaban J connectivity index is 2.30. The Morgan fingerprint density at radius 1 is 1.30 bits per heavy atom. The van der Waals surface area contributed by atoms with Gasteiger partial charge in [0, 0.05) is 11.4 Å². The second kappa shape index (κ2) is 5.77. The van der Waals surface area contributed by atoms with Crippen LogP contribution in [0.3, 0.4) is 0 Å². The van der Waals surface area contributed by atoms with Crippen molar-refractivity contribution in [3.63, 3.8) is 0 Å². The van der Waals surface area contributed by atoms with E-state index < -0.39 is 5.54 Å². The number of nitrogens with one attached hydrogen (secondary N) is 1. The van der Waals surface area contributed by atoms with Gasteiger partial charge in [-0.1, -0.05) is 35.4 Å². The van der Waals surface area contributed by atoms with E-state index in [1.165, 1.54) is 4.88 Å². The molecule has 1 aromatic carbocycles. The van der Waals surface area contributed by atoms with Gasteiger partial charge in [-0.15, -0.1) is 11.3 Å². The Kier molecular flexibility index (Phi) is 4.26. The first-order chi connectivity index (χ1) is 9.41. The third-order valence-electron chi connectivity index (χ3n) is 3.49. The van der Waals surface area contributed by atoms with E-state index in [1.54, 1.807) is 11.3 Å². The van der Waals surface area contributed by atoms with Crippen molar-refractivity contribution in [3.05, 3.63) is 57.3 Å². The van der Waals surface area contributed by atoms with Gasteiger partial charge in [-0.05, 0) is 37.8 Å². The second-order valence-corrected chi connectivity index (χ2v) is 6.33. The number of thiophene rings is 1. The number of benzene rings is 1. The number of nitrogens with two attached hydrogens (primary N) is 1. The highest BCUT2D eigenvalue weighted by Gasteiger charge is 2.33. The Hall–Kier alpha value is -1.65. The summed E-state index contributed by atoms with van der Waals surface area (Å²) in [5.74, 6) is -0.362. The Labute approximate surface area is 123 Å². The highest BCUT2D eigenvalue weighted by Crippen LogP contribution is 2.24. The molecular formula is C16H20N2OS. The SMILES string of the molecule is Cc1cc(C)cc(C(C)(NCc2cccs2)C(N)=O)c1. The predicted octanol–water partition coefficient (Wildman–Crippen LogP) is 2.86. The van der Waals surface area contributed by atoms with Gasteiger partial charge in [0.1, 0.15) is 5.54 Å². The van der Waals surface area contributed by atoms with Gasteiger partial charge in [-0.25, -0.2) is 0 Å². The van der Waals surface area contributed by atoms with Crippen LogP contribution < -0.4 is 11.1 Å². The average molecular weight is 288 g/mol. The van der Waals surface area contributed by atoms with Crippen molar-refractivity contribution in [2.45, 2.75) is 32.9 Å². The van der Waals surface area contributed by atoms with Crippen LogP contribution in [0.1, 0.15) is 28.5 Å². The maximum Gasteiger partial charge on any atom is 0.242 e. The number of primary amides is 1. The third-order valence-corrected chi connectivity index (χ3v) is 4.36. The van der Waals surface area contributed by atoms with E-state index in [0.717, 1.165) is 16.7 Å². The molecule has 0 bridgehead atoms. The number of rotatable bonds is 5. The Morgan fingerprint density at radius 3 is 2.45 bits per heavy atom. The van der Waals surface area contributed by atoms with Gasteiger partial charge in [0.25, 0.3) is 0 Å². The summed E-state index contributed by atoms with van der Waals surface area (Å²) in [6.45, 7) is 6.52. The van der Waals surface area contributed by atoms with Gasteiger partial charge in [-0.3, -0.25) is 10.1 Å². The minimum absolute atomic E-state index is 0.362. The molecule has 0 saturated carbocycles. The van der Waals surface area contributed by atoms with Crippen molar-refractivity contribution >= 4 is 17.2 Å². The number of aryl methyl sites for hydroxylation is 2. The number of hydrogen-bond acceptors (Lipinski definition) is 3. The Morgan fingerprint density at radius 2 is 1.95 bits per heavy atom. The molecule has 0 aliphatic carbocycles. The molecule has 1 heterocycles. The largest absolute Gasteiger partial charge is 0.368 e. The van der Waals surface area contributed by atoms with Crippen molar-refractivity contribution in [1.29, 1.82) is 0 Å². The molecule has 1 atom stereocenters. The number of carbonyl (C=O) groups is 1. The Bertz CT molecular complexity index is 587. The standard InChI is InChI=1S/C16H20N2OS/c1-11-7-12(2)9-13(8-11)16(3,15(17)19)18-10-14-5-4-6-20-14/h4-9,18H,10H2,1-3H3,(H2,17,19). The molecule has 0 spiro atoms. The molecule has 4 heteroatoms. The van der Waals surface area contributed by atoms with Crippen LogP contribution in [-0.2, 0) is 16.9 Å². The summed E-state index contributed by atoms with van der Waals surface area (Å²) in [4.78, 5) is 13.1. The molecular weight excluding hydrogens is 268 g/mol. The van der Waals surface area contributed by atoms with E-state index in [1.807, 2.05) is 50.4 Å². The van der Waals surface area contributed by atoms with Crippen molar-refractivity contribution in [1.82, 2.24) is 5.32 Å². The molecule has 0 saturated heterocycles. The molecule has 3 N–H and O–H groups in total. The first-order valence-corrected chi connectivity index (χ1v) is 7.46. The van der Waals surface area contributed by atoms with Crippen LogP contribution in [0, 0.1) is 13.8 Å². The fourth-order valence-electron chi connectivity index (χ4n) is 2.27. The van der Waals surface area contributed by atoms with E-state index >= 15 is 0 Å². The average Bonchev–Trinajstić information content (AvgIpc) is 2.87. The molecule has 2 aromatic rings. The fraction of sp³-hybridized carbons (Fsp3) is 0.312. The summed E-state index contributed by atoms with van der Waals surface area (Å²) in [6.07, 6.45) is 0. The van der Waals surface area contributed by atoms with Crippen molar-refractivity contribution in [3.8, 4) is 0 Å². The zero-order valence-corrected chi connectivity index (χ0v) is 12.9. The number of amides is 1. The lowest BCUT2D eigenvalue weighted by Crippen LogP contribution is -2.50. The van der Waals surface area contributed by atoms with Crippen LogP contribution in [0.15, 0.2) is 35.7 Å². The minimum Gasteiger partial charge on any atom is -0.368 e. The van der Waals surface area contributed by atoms with Crippen molar-refractivity contribution < 1.29 is 4.79 Å². The monoisotopic (exact) mass is 288 g/mol. The highest BCUT2D eigenvalue weighted by atomic mass is 32.1. The molecule has 0 radical (unpaired) electrons. The molecule has 1 aromatic heterocycles. The van der Waals surface area contributed by atoms with Crippen LogP contribution >= 0.6 is 11.3 Å². The molecule has 1 unspecified atom stereocenters. The molecule has 0 aliphatic heterocycles. The minimum atomic E-state index is -0.860. The molecule has 106 valence electrons. The first kappa shape index (κ1) is 14.8. The number of hydrogen-bond donors (Lipinski definition) is 2. The molecule has 3 nitrogen and oxygen atoms in total. The van der Waals surface area contributed by atoms with E-state index in [2.05, 4.69) is 11.4 Å². The van der Waals surface area contributed by atoms with Crippen LogP contribution in [0.25, 0.3) is 0 Å². The lowest BCUT2D eigenvalue weighted by atomic mass is 9.88. The lowest BCUT2D eigenvalue weighted by molar-refractivity contribution is -0.124. The quantitative estimate of drug-likeness (QED) is 0.889. The smallest absolute Gasteiger partial charge is 0.242 e. The fourth-order valence-corrected chi connectivity index (χ4v) is 2.92.